The first-order valence-corrected chi connectivity index (χ1v) is 9.49. The van der Waals surface area contributed by atoms with E-state index in [0.717, 1.165) is 24.1 Å². The van der Waals surface area contributed by atoms with Crippen LogP contribution in [-0.2, 0) is 16.6 Å². The van der Waals surface area contributed by atoms with E-state index in [0.29, 0.717) is 11.6 Å². The van der Waals surface area contributed by atoms with Crippen LogP contribution in [0, 0.1) is 5.92 Å². The SMILES string of the molecule is CC(C)Cn1cc(N[C@H](C)c2ccc(NS(C)(=O)=O)cc2)cn1. The van der Waals surface area contributed by atoms with E-state index in [2.05, 4.69) is 35.9 Å². The van der Waals surface area contributed by atoms with Gasteiger partial charge in [-0.2, -0.15) is 5.10 Å². The van der Waals surface area contributed by atoms with Crippen LogP contribution < -0.4 is 10.0 Å². The Bertz CT molecular complexity index is 736. The summed E-state index contributed by atoms with van der Waals surface area (Å²) >= 11 is 0. The third-order valence-corrected chi connectivity index (χ3v) is 3.89. The standard InChI is InChI=1S/C16H24N4O2S/c1-12(2)10-20-11-16(9-17-20)18-13(3)14-5-7-15(8-6-14)19-23(4,21)22/h5-9,11-13,18-19H,10H2,1-4H3/t13-/m1/s1. The van der Waals surface area contributed by atoms with E-state index in [1.165, 1.54) is 0 Å². The highest BCUT2D eigenvalue weighted by Crippen LogP contribution is 2.21. The summed E-state index contributed by atoms with van der Waals surface area (Å²) in [6, 6.07) is 7.43. The summed E-state index contributed by atoms with van der Waals surface area (Å²) in [6.45, 7) is 7.26. The number of hydrogen-bond donors (Lipinski definition) is 2. The molecular formula is C16H24N4O2S. The Balaban J connectivity index is 2.00. The zero-order chi connectivity index (χ0) is 17.0. The van der Waals surface area contributed by atoms with E-state index in [9.17, 15) is 8.42 Å². The highest BCUT2D eigenvalue weighted by molar-refractivity contribution is 7.92. The van der Waals surface area contributed by atoms with Gasteiger partial charge in [0.2, 0.25) is 10.0 Å². The zero-order valence-corrected chi connectivity index (χ0v) is 14.8. The lowest BCUT2D eigenvalue weighted by Crippen LogP contribution is -2.10. The molecule has 0 unspecified atom stereocenters. The molecule has 0 amide bonds. The smallest absolute Gasteiger partial charge is 0.229 e. The molecule has 7 heteroatoms. The molecule has 2 aromatic rings. The quantitative estimate of drug-likeness (QED) is 0.815. The molecule has 0 bridgehead atoms. The summed E-state index contributed by atoms with van der Waals surface area (Å²) in [6.07, 6.45) is 4.95. The van der Waals surface area contributed by atoms with Crippen molar-refractivity contribution >= 4 is 21.4 Å². The molecule has 2 N–H and O–H groups in total. The Morgan fingerprint density at radius 3 is 2.35 bits per heavy atom. The van der Waals surface area contributed by atoms with Crippen LogP contribution in [0.3, 0.4) is 0 Å². The summed E-state index contributed by atoms with van der Waals surface area (Å²) < 4.78 is 26.8. The molecule has 1 aromatic heterocycles. The molecule has 0 fully saturated rings. The third kappa shape index (κ3) is 5.59. The molecule has 0 aliphatic rings. The molecule has 23 heavy (non-hydrogen) atoms. The first kappa shape index (κ1) is 17.3. The maximum absolute atomic E-state index is 11.2. The summed E-state index contributed by atoms with van der Waals surface area (Å²) in [5.41, 5.74) is 2.60. The number of rotatable bonds is 7. The number of hydrogen-bond acceptors (Lipinski definition) is 4. The number of anilines is 2. The lowest BCUT2D eigenvalue weighted by Gasteiger charge is -2.15. The van der Waals surface area contributed by atoms with Gasteiger partial charge in [0.15, 0.2) is 0 Å². The summed E-state index contributed by atoms with van der Waals surface area (Å²) in [5.74, 6) is 0.551. The Labute approximate surface area is 138 Å². The second-order valence-electron chi connectivity index (χ2n) is 6.21. The minimum atomic E-state index is -3.24. The van der Waals surface area contributed by atoms with E-state index < -0.39 is 10.0 Å². The first-order chi connectivity index (χ1) is 10.7. The van der Waals surface area contributed by atoms with Crippen molar-refractivity contribution < 1.29 is 8.42 Å². The summed E-state index contributed by atoms with van der Waals surface area (Å²) in [4.78, 5) is 0. The largest absolute Gasteiger partial charge is 0.376 e. The fourth-order valence-electron chi connectivity index (χ4n) is 2.30. The molecule has 0 aliphatic heterocycles. The number of nitrogens with one attached hydrogen (secondary N) is 2. The van der Waals surface area contributed by atoms with Gasteiger partial charge in [-0.1, -0.05) is 26.0 Å². The molecule has 6 nitrogen and oxygen atoms in total. The number of nitrogens with zero attached hydrogens (tertiary/aromatic N) is 2. The highest BCUT2D eigenvalue weighted by Gasteiger charge is 2.08. The average molecular weight is 336 g/mol. The van der Waals surface area contributed by atoms with E-state index >= 15 is 0 Å². The molecule has 0 saturated carbocycles. The van der Waals surface area contributed by atoms with Gasteiger partial charge in [0.25, 0.3) is 0 Å². The maximum Gasteiger partial charge on any atom is 0.229 e. The van der Waals surface area contributed by atoms with Crippen molar-refractivity contribution in [1.29, 1.82) is 0 Å². The second-order valence-corrected chi connectivity index (χ2v) is 7.96. The van der Waals surface area contributed by atoms with E-state index in [-0.39, 0.29) is 6.04 Å². The molecule has 0 saturated heterocycles. The van der Waals surface area contributed by atoms with Crippen LogP contribution >= 0.6 is 0 Å². The Hall–Kier alpha value is -2.02. The van der Waals surface area contributed by atoms with Crippen LogP contribution in [0.1, 0.15) is 32.4 Å². The predicted octanol–water partition coefficient (Wildman–Crippen LogP) is 3.08. The zero-order valence-electron chi connectivity index (χ0n) is 13.9. The topological polar surface area (TPSA) is 76.0 Å². The average Bonchev–Trinajstić information content (AvgIpc) is 2.84. The molecule has 1 heterocycles. The maximum atomic E-state index is 11.2. The monoisotopic (exact) mass is 336 g/mol. The van der Waals surface area contributed by atoms with Crippen LogP contribution in [-0.4, -0.2) is 24.5 Å². The Morgan fingerprint density at radius 2 is 1.78 bits per heavy atom. The number of sulfonamides is 1. The normalized spacial score (nSPS) is 13.1. The van der Waals surface area contributed by atoms with Crippen LogP contribution in [0.5, 0.6) is 0 Å². The molecule has 2 rings (SSSR count). The molecule has 0 aliphatic carbocycles. The molecule has 1 atom stereocenters. The molecule has 1 aromatic carbocycles. The highest BCUT2D eigenvalue weighted by atomic mass is 32.2. The molecular weight excluding hydrogens is 312 g/mol. The van der Waals surface area contributed by atoms with Gasteiger partial charge in [0, 0.05) is 24.5 Å². The van der Waals surface area contributed by atoms with Gasteiger partial charge in [0.05, 0.1) is 18.1 Å². The predicted molar refractivity (Wildman–Crippen MR) is 94.0 cm³/mol. The van der Waals surface area contributed by atoms with Gasteiger partial charge in [-0.05, 0) is 30.5 Å². The van der Waals surface area contributed by atoms with Gasteiger partial charge in [0.1, 0.15) is 0 Å². The van der Waals surface area contributed by atoms with Crippen molar-refractivity contribution in [3.05, 3.63) is 42.2 Å². The van der Waals surface area contributed by atoms with E-state index in [1.807, 2.05) is 29.2 Å². The lowest BCUT2D eigenvalue weighted by atomic mass is 10.1. The minimum Gasteiger partial charge on any atom is -0.376 e. The van der Waals surface area contributed by atoms with Gasteiger partial charge in [-0.15, -0.1) is 0 Å². The fourth-order valence-corrected chi connectivity index (χ4v) is 2.86. The van der Waals surface area contributed by atoms with Crippen LogP contribution in [0.15, 0.2) is 36.7 Å². The molecule has 0 radical (unpaired) electrons. The number of aromatic nitrogens is 2. The molecule has 0 spiro atoms. The summed E-state index contributed by atoms with van der Waals surface area (Å²) in [5, 5.41) is 7.73. The van der Waals surface area contributed by atoms with Gasteiger partial charge in [-0.3, -0.25) is 9.40 Å². The van der Waals surface area contributed by atoms with Crippen molar-refractivity contribution in [3.63, 3.8) is 0 Å². The van der Waals surface area contributed by atoms with Crippen LogP contribution in [0.4, 0.5) is 11.4 Å². The minimum absolute atomic E-state index is 0.0963. The number of benzene rings is 1. The van der Waals surface area contributed by atoms with Crippen molar-refractivity contribution in [2.45, 2.75) is 33.4 Å². The second kappa shape index (κ2) is 7.04. The van der Waals surface area contributed by atoms with Gasteiger partial charge in [-0.25, -0.2) is 8.42 Å². The van der Waals surface area contributed by atoms with Crippen LogP contribution in [0.25, 0.3) is 0 Å². The van der Waals surface area contributed by atoms with E-state index in [4.69, 9.17) is 0 Å². The van der Waals surface area contributed by atoms with Crippen molar-refractivity contribution in [1.82, 2.24) is 9.78 Å². The van der Waals surface area contributed by atoms with Gasteiger partial charge < -0.3 is 5.32 Å². The van der Waals surface area contributed by atoms with E-state index in [1.54, 1.807) is 12.1 Å². The molecule has 126 valence electrons. The first-order valence-electron chi connectivity index (χ1n) is 7.59. The third-order valence-electron chi connectivity index (χ3n) is 3.28. The summed E-state index contributed by atoms with van der Waals surface area (Å²) in [7, 11) is -3.24. The van der Waals surface area contributed by atoms with Crippen LogP contribution in [0.2, 0.25) is 0 Å². The fraction of sp³-hybridized carbons (Fsp3) is 0.438. The van der Waals surface area contributed by atoms with Gasteiger partial charge >= 0.3 is 0 Å². The lowest BCUT2D eigenvalue weighted by molar-refractivity contribution is 0.483. The Kier molecular flexibility index (Phi) is 5.30. The Morgan fingerprint density at radius 1 is 1.13 bits per heavy atom. The van der Waals surface area contributed by atoms with Crippen molar-refractivity contribution in [2.24, 2.45) is 5.92 Å². The van der Waals surface area contributed by atoms with Crippen molar-refractivity contribution in [3.8, 4) is 0 Å². The van der Waals surface area contributed by atoms with Crippen molar-refractivity contribution in [2.75, 3.05) is 16.3 Å².